The molecule has 5 unspecified atom stereocenters. The zero-order valence-electron chi connectivity index (χ0n) is 12.6. The van der Waals surface area contributed by atoms with Gasteiger partial charge in [0.1, 0.15) is 0 Å². The molecule has 122 valence electrons. The molecular formula is C14H21N3O4S. The van der Waals surface area contributed by atoms with E-state index in [1.807, 2.05) is 0 Å². The van der Waals surface area contributed by atoms with Crippen LogP contribution in [0.3, 0.4) is 0 Å². The van der Waals surface area contributed by atoms with Gasteiger partial charge < -0.3 is 4.42 Å². The Balaban J connectivity index is 1.30. The van der Waals surface area contributed by atoms with E-state index in [9.17, 15) is 13.2 Å². The van der Waals surface area contributed by atoms with Gasteiger partial charge in [-0.1, -0.05) is 0 Å². The first-order valence-electron chi connectivity index (χ1n) is 7.95. The van der Waals surface area contributed by atoms with E-state index >= 15 is 0 Å². The average Bonchev–Trinajstić information content (AvgIpc) is 2.91. The molecule has 0 spiro atoms. The molecule has 3 aliphatic carbocycles. The highest BCUT2D eigenvalue weighted by atomic mass is 32.2. The van der Waals surface area contributed by atoms with E-state index in [1.165, 1.54) is 19.3 Å². The van der Waals surface area contributed by atoms with E-state index in [1.54, 1.807) is 6.92 Å². The molecule has 0 radical (unpaired) electrons. The van der Waals surface area contributed by atoms with Crippen LogP contribution in [0.2, 0.25) is 0 Å². The number of nitrogens with one attached hydrogen (secondary N) is 1. The number of sulfonamides is 1. The molecule has 0 amide bonds. The van der Waals surface area contributed by atoms with Crippen LogP contribution in [0, 0.1) is 36.5 Å². The Hall–Kier alpha value is -1.15. The number of nitrogens with zero attached hydrogens (tertiary/aromatic N) is 2. The van der Waals surface area contributed by atoms with Crippen molar-refractivity contribution in [3.63, 3.8) is 0 Å². The Morgan fingerprint density at radius 2 is 2.09 bits per heavy atom. The van der Waals surface area contributed by atoms with Gasteiger partial charge in [0.25, 0.3) is 0 Å². The minimum atomic E-state index is -3.39. The molecule has 3 fully saturated rings. The predicted molar refractivity (Wildman–Crippen MR) is 78.6 cm³/mol. The van der Waals surface area contributed by atoms with Crippen LogP contribution in [-0.2, 0) is 16.6 Å². The second-order valence-corrected chi connectivity index (χ2v) is 8.92. The van der Waals surface area contributed by atoms with Crippen molar-refractivity contribution in [3.8, 4) is 0 Å². The van der Waals surface area contributed by atoms with E-state index in [4.69, 9.17) is 4.42 Å². The number of aromatic nitrogens is 2. The van der Waals surface area contributed by atoms with Crippen LogP contribution >= 0.6 is 0 Å². The second kappa shape index (κ2) is 4.92. The van der Waals surface area contributed by atoms with Gasteiger partial charge in [0.15, 0.2) is 0 Å². The molecule has 3 saturated carbocycles. The molecule has 1 heterocycles. The maximum atomic E-state index is 12.1. The molecule has 0 saturated heterocycles. The minimum absolute atomic E-state index is 0.0208. The van der Waals surface area contributed by atoms with E-state index in [0.29, 0.717) is 12.5 Å². The van der Waals surface area contributed by atoms with Crippen molar-refractivity contribution >= 4 is 10.0 Å². The standard InChI is InChI=1S/C14H21N3O4S/c1-8-16-17(14(18)21-8)2-3-22(19,20)15-7-10-4-9-5-11(10)13-6-12(9)13/h9-13,15H,2-7H2,1H3. The third kappa shape index (κ3) is 2.52. The summed E-state index contributed by atoms with van der Waals surface area (Å²) in [5.41, 5.74) is 0. The zero-order valence-corrected chi connectivity index (χ0v) is 13.4. The highest BCUT2D eigenvalue weighted by Crippen LogP contribution is 2.67. The number of hydrogen-bond donors (Lipinski definition) is 1. The van der Waals surface area contributed by atoms with Crippen LogP contribution in [0.4, 0.5) is 0 Å². The van der Waals surface area contributed by atoms with E-state index < -0.39 is 15.8 Å². The lowest BCUT2D eigenvalue weighted by atomic mass is 9.89. The van der Waals surface area contributed by atoms with Gasteiger partial charge in [-0.15, -0.1) is 5.10 Å². The monoisotopic (exact) mass is 327 g/mol. The molecule has 0 aromatic carbocycles. The molecule has 2 bridgehead atoms. The maximum Gasteiger partial charge on any atom is 0.437 e. The summed E-state index contributed by atoms with van der Waals surface area (Å²) in [7, 11) is -3.39. The molecule has 1 aromatic heterocycles. The van der Waals surface area contributed by atoms with Crippen molar-refractivity contribution in [2.24, 2.45) is 29.6 Å². The first kappa shape index (κ1) is 14.4. The zero-order chi connectivity index (χ0) is 15.5. The molecule has 22 heavy (non-hydrogen) atoms. The predicted octanol–water partition coefficient (Wildman–Crippen LogP) is 0.356. The fourth-order valence-corrected chi connectivity index (χ4v) is 5.67. The largest absolute Gasteiger partial charge is 0.437 e. The Morgan fingerprint density at radius 3 is 2.73 bits per heavy atom. The number of fused-ring (bicyclic) bond motifs is 5. The SMILES string of the molecule is Cc1nn(CCS(=O)(=O)NCC2CC3CC2C2CC32)c(=O)o1. The summed E-state index contributed by atoms with van der Waals surface area (Å²) in [6.07, 6.45) is 3.85. The quantitative estimate of drug-likeness (QED) is 0.814. The van der Waals surface area contributed by atoms with Crippen LogP contribution in [0.15, 0.2) is 9.21 Å². The topological polar surface area (TPSA) is 94.2 Å². The van der Waals surface area contributed by atoms with Crippen molar-refractivity contribution in [2.45, 2.75) is 32.7 Å². The van der Waals surface area contributed by atoms with Crippen molar-refractivity contribution < 1.29 is 12.8 Å². The summed E-state index contributed by atoms with van der Waals surface area (Å²) in [5, 5.41) is 3.84. The molecule has 4 rings (SSSR count). The van der Waals surface area contributed by atoms with Crippen molar-refractivity contribution in [3.05, 3.63) is 16.4 Å². The lowest BCUT2D eigenvalue weighted by molar-refractivity contribution is 0.316. The van der Waals surface area contributed by atoms with Gasteiger partial charge in [0, 0.05) is 13.5 Å². The summed E-state index contributed by atoms with van der Waals surface area (Å²) >= 11 is 0. The van der Waals surface area contributed by atoms with Gasteiger partial charge in [0.2, 0.25) is 15.9 Å². The molecule has 1 aromatic rings. The fraction of sp³-hybridized carbons (Fsp3) is 0.857. The molecule has 3 aliphatic rings. The molecule has 0 aliphatic heterocycles. The lowest BCUT2D eigenvalue weighted by Crippen LogP contribution is -2.35. The van der Waals surface area contributed by atoms with Crippen LogP contribution < -0.4 is 10.5 Å². The number of hydrogen-bond acceptors (Lipinski definition) is 5. The molecule has 8 heteroatoms. The smallest absolute Gasteiger partial charge is 0.393 e. The fourth-order valence-electron chi connectivity index (χ4n) is 4.65. The van der Waals surface area contributed by atoms with Crippen LogP contribution in [0.25, 0.3) is 0 Å². The average molecular weight is 327 g/mol. The van der Waals surface area contributed by atoms with Gasteiger partial charge in [0.05, 0.1) is 12.3 Å². The Bertz CT molecular complexity index is 738. The van der Waals surface area contributed by atoms with Gasteiger partial charge in [-0.05, 0) is 48.9 Å². The molecular weight excluding hydrogens is 306 g/mol. The number of aryl methyl sites for hydroxylation is 2. The van der Waals surface area contributed by atoms with Gasteiger partial charge in [-0.2, -0.15) is 4.68 Å². The molecule has 1 N–H and O–H groups in total. The van der Waals surface area contributed by atoms with E-state index in [0.717, 1.165) is 28.4 Å². The summed E-state index contributed by atoms with van der Waals surface area (Å²) < 4.78 is 32.7. The Labute approximate surface area is 129 Å². The second-order valence-electron chi connectivity index (χ2n) is 7.00. The minimum Gasteiger partial charge on any atom is -0.393 e. The third-order valence-corrected chi connectivity index (χ3v) is 7.00. The van der Waals surface area contributed by atoms with Crippen molar-refractivity contribution in [2.75, 3.05) is 12.3 Å². The van der Waals surface area contributed by atoms with Gasteiger partial charge >= 0.3 is 5.76 Å². The summed E-state index contributed by atoms with van der Waals surface area (Å²) in [6, 6.07) is 0. The number of rotatable bonds is 6. The third-order valence-electron chi connectivity index (χ3n) is 5.68. The first-order valence-corrected chi connectivity index (χ1v) is 9.60. The van der Waals surface area contributed by atoms with Crippen LogP contribution in [0.5, 0.6) is 0 Å². The first-order chi connectivity index (χ1) is 10.4. The summed E-state index contributed by atoms with van der Waals surface area (Å²) in [4.78, 5) is 11.4. The molecule has 7 nitrogen and oxygen atoms in total. The van der Waals surface area contributed by atoms with Gasteiger partial charge in [-0.3, -0.25) is 0 Å². The lowest BCUT2D eigenvalue weighted by Gasteiger charge is -2.21. The molecule has 5 atom stereocenters. The Kier molecular flexibility index (Phi) is 3.23. The summed E-state index contributed by atoms with van der Waals surface area (Å²) in [6.45, 7) is 2.12. The maximum absolute atomic E-state index is 12.1. The van der Waals surface area contributed by atoms with E-state index in [2.05, 4.69) is 9.82 Å². The summed E-state index contributed by atoms with van der Waals surface area (Å²) in [5.74, 6) is 3.41. The van der Waals surface area contributed by atoms with Crippen LogP contribution in [-0.4, -0.2) is 30.5 Å². The van der Waals surface area contributed by atoms with Crippen LogP contribution in [0.1, 0.15) is 25.2 Å². The highest BCUT2D eigenvalue weighted by molar-refractivity contribution is 7.89. The van der Waals surface area contributed by atoms with Gasteiger partial charge in [-0.25, -0.2) is 17.9 Å². The van der Waals surface area contributed by atoms with E-state index in [-0.39, 0.29) is 18.2 Å². The highest BCUT2D eigenvalue weighted by Gasteiger charge is 2.60. The van der Waals surface area contributed by atoms with Crippen molar-refractivity contribution in [1.29, 1.82) is 0 Å². The normalized spacial score (nSPS) is 35.8. The van der Waals surface area contributed by atoms with Crippen molar-refractivity contribution in [1.82, 2.24) is 14.5 Å². The Morgan fingerprint density at radius 1 is 1.27 bits per heavy atom.